The second kappa shape index (κ2) is 5.94. The number of hydrogen-bond acceptors (Lipinski definition) is 3. The molecule has 2 aromatic rings. The summed E-state index contributed by atoms with van der Waals surface area (Å²) in [5.41, 5.74) is 0.557. The third-order valence-electron chi connectivity index (χ3n) is 2.52. The van der Waals surface area contributed by atoms with Crippen LogP contribution in [0.1, 0.15) is 32.9 Å². The van der Waals surface area contributed by atoms with E-state index in [2.05, 4.69) is 0 Å². The van der Waals surface area contributed by atoms with Crippen LogP contribution in [-0.4, -0.2) is 11.6 Å². The molecule has 0 saturated carbocycles. The highest BCUT2D eigenvalue weighted by Gasteiger charge is 2.11. The molecule has 1 aromatic carbocycles. The van der Waals surface area contributed by atoms with Gasteiger partial charge in [0.1, 0.15) is 0 Å². The molecule has 0 saturated heterocycles. The smallest absolute Gasteiger partial charge is 0.173 e. The Labute approximate surface area is 114 Å². The molecule has 0 aliphatic heterocycles. The van der Waals surface area contributed by atoms with Gasteiger partial charge in [0.05, 0.1) is 4.88 Å². The Balaban J connectivity index is 1.95. The normalized spacial score (nSPS) is 10.3. The van der Waals surface area contributed by atoms with Gasteiger partial charge in [0.25, 0.3) is 0 Å². The fourth-order valence-corrected chi connectivity index (χ4v) is 2.48. The minimum absolute atomic E-state index is 0.0142. The van der Waals surface area contributed by atoms with E-state index in [-0.39, 0.29) is 24.4 Å². The summed E-state index contributed by atoms with van der Waals surface area (Å²) in [5.74, 6) is -0.0391. The van der Waals surface area contributed by atoms with Gasteiger partial charge in [0.2, 0.25) is 0 Å². The van der Waals surface area contributed by atoms with Gasteiger partial charge in [-0.05, 0) is 23.6 Å². The van der Waals surface area contributed by atoms with Gasteiger partial charge >= 0.3 is 0 Å². The lowest BCUT2D eigenvalue weighted by atomic mass is 10.0. The summed E-state index contributed by atoms with van der Waals surface area (Å²) in [6.07, 6.45) is 0.461. The van der Waals surface area contributed by atoms with E-state index < -0.39 is 0 Å². The molecule has 2 rings (SSSR count). The quantitative estimate of drug-likeness (QED) is 0.766. The Morgan fingerprint density at radius 2 is 1.83 bits per heavy atom. The highest BCUT2D eigenvalue weighted by Crippen LogP contribution is 2.16. The molecule has 18 heavy (non-hydrogen) atoms. The van der Waals surface area contributed by atoms with Gasteiger partial charge in [-0.25, -0.2) is 0 Å². The highest BCUT2D eigenvalue weighted by molar-refractivity contribution is 7.12. The number of hydrogen-bond donors (Lipinski definition) is 0. The van der Waals surface area contributed by atoms with Crippen LogP contribution in [0.4, 0.5) is 0 Å². The zero-order chi connectivity index (χ0) is 13.0. The Kier molecular flexibility index (Phi) is 4.28. The van der Waals surface area contributed by atoms with E-state index in [9.17, 15) is 9.59 Å². The average molecular weight is 279 g/mol. The van der Waals surface area contributed by atoms with Crippen molar-refractivity contribution in [3.63, 3.8) is 0 Å². The van der Waals surface area contributed by atoms with E-state index in [4.69, 9.17) is 11.6 Å². The van der Waals surface area contributed by atoms with Crippen molar-refractivity contribution in [3.05, 3.63) is 57.2 Å². The van der Waals surface area contributed by atoms with Crippen LogP contribution in [0.5, 0.6) is 0 Å². The van der Waals surface area contributed by atoms with Crippen molar-refractivity contribution in [2.45, 2.75) is 12.8 Å². The number of carbonyl (C=O) groups is 2. The van der Waals surface area contributed by atoms with Gasteiger partial charge in [0.15, 0.2) is 11.6 Å². The Morgan fingerprint density at radius 3 is 2.50 bits per heavy atom. The molecule has 1 aromatic heterocycles. The van der Waals surface area contributed by atoms with Gasteiger partial charge in [-0.3, -0.25) is 9.59 Å². The second-order valence-corrected chi connectivity index (χ2v) is 5.22. The van der Waals surface area contributed by atoms with Crippen molar-refractivity contribution in [3.8, 4) is 0 Å². The predicted octanol–water partition coefficient (Wildman–Crippen LogP) is 4.25. The molecule has 0 fully saturated rings. The summed E-state index contributed by atoms with van der Waals surface area (Å²) in [6, 6.07) is 10.4. The lowest BCUT2D eigenvalue weighted by Crippen LogP contribution is -2.04. The molecule has 2 nitrogen and oxygen atoms in total. The average Bonchev–Trinajstić information content (AvgIpc) is 2.89. The molecule has 0 aliphatic carbocycles. The molecule has 1 heterocycles. The third-order valence-corrected chi connectivity index (χ3v) is 3.67. The van der Waals surface area contributed by atoms with E-state index in [1.807, 2.05) is 11.4 Å². The first kappa shape index (κ1) is 13.0. The van der Waals surface area contributed by atoms with E-state index in [1.165, 1.54) is 11.3 Å². The number of benzene rings is 1. The van der Waals surface area contributed by atoms with Crippen LogP contribution in [-0.2, 0) is 0 Å². The van der Waals surface area contributed by atoms with Gasteiger partial charge in [-0.1, -0.05) is 29.8 Å². The largest absolute Gasteiger partial charge is 0.294 e. The number of Topliss-reactive ketones (excluding diaryl/α,β-unsaturated/α-hetero) is 2. The van der Waals surface area contributed by atoms with E-state index >= 15 is 0 Å². The van der Waals surface area contributed by atoms with Crippen LogP contribution in [0.15, 0.2) is 41.8 Å². The SMILES string of the molecule is O=C(CCC(=O)c1cccs1)c1cccc(Cl)c1. The molecule has 0 N–H and O–H groups in total. The van der Waals surface area contributed by atoms with E-state index in [1.54, 1.807) is 30.3 Å². The maximum Gasteiger partial charge on any atom is 0.173 e. The third kappa shape index (κ3) is 3.28. The first-order valence-electron chi connectivity index (χ1n) is 5.52. The lowest BCUT2D eigenvalue weighted by molar-refractivity contribution is 0.0919. The molecule has 0 aliphatic rings. The van der Waals surface area contributed by atoms with Crippen LogP contribution >= 0.6 is 22.9 Å². The van der Waals surface area contributed by atoms with Gasteiger partial charge in [-0.2, -0.15) is 0 Å². The van der Waals surface area contributed by atoms with Crippen LogP contribution < -0.4 is 0 Å². The van der Waals surface area contributed by atoms with Crippen molar-refractivity contribution in [1.82, 2.24) is 0 Å². The van der Waals surface area contributed by atoms with Crippen molar-refractivity contribution in [2.75, 3.05) is 0 Å². The van der Waals surface area contributed by atoms with Gasteiger partial charge < -0.3 is 0 Å². The van der Waals surface area contributed by atoms with Crippen molar-refractivity contribution in [2.24, 2.45) is 0 Å². The molecular formula is C14H11ClO2S. The molecule has 92 valence electrons. The minimum atomic E-state index is -0.0533. The first-order chi connectivity index (χ1) is 8.66. The fourth-order valence-electron chi connectivity index (χ4n) is 1.59. The monoisotopic (exact) mass is 278 g/mol. The second-order valence-electron chi connectivity index (χ2n) is 3.83. The fraction of sp³-hybridized carbons (Fsp3) is 0.143. The van der Waals surface area contributed by atoms with Crippen LogP contribution in [0.2, 0.25) is 5.02 Å². The van der Waals surface area contributed by atoms with Crippen molar-refractivity contribution >= 4 is 34.5 Å². The minimum Gasteiger partial charge on any atom is -0.294 e. The molecule has 0 amide bonds. The number of thiophene rings is 1. The summed E-state index contributed by atoms with van der Waals surface area (Å²) in [6.45, 7) is 0. The zero-order valence-electron chi connectivity index (χ0n) is 9.56. The van der Waals surface area contributed by atoms with Gasteiger partial charge in [0, 0.05) is 23.4 Å². The van der Waals surface area contributed by atoms with Crippen LogP contribution in [0, 0.1) is 0 Å². The van der Waals surface area contributed by atoms with Crippen molar-refractivity contribution < 1.29 is 9.59 Å². The summed E-state index contributed by atoms with van der Waals surface area (Å²) >= 11 is 7.21. The summed E-state index contributed by atoms with van der Waals surface area (Å²) in [5, 5.41) is 2.39. The molecule has 0 bridgehead atoms. The Hall–Kier alpha value is -1.45. The summed E-state index contributed by atoms with van der Waals surface area (Å²) < 4.78 is 0. The number of rotatable bonds is 5. The Morgan fingerprint density at radius 1 is 1.06 bits per heavy atom. The maximum absolute atomic E-state index is 11.9. The molecule has 0 unspecified atom stereocenters. The molecule has 0 atom stereocenters. The number of halogens is 1. The molecular weight excluding hydrogens is 268 g/mol. The number of ketones is 2. The standard InChI is InChI=1S/C14H11ClO2S/c15-11-4-1-3-10(9-11)12(16)6-7-13(17)14-5-2-8-18-14/h1-5,8-9H,6-7H2. The summed E-state index contributed by atoms with van der Waals surface area (Å²) in [4.78, 5) is 24.3. The highest BCUT2D eigenvalue weighted by atomic mass is 35.5. The lowest BCUT2D eigenvalue weighted by Gasteiger charge is -2.00. The van der Waals surface area contributed by atoms with Gasteiger partial charge in [-0.15, -0.1) is 11.3 Å². The maximum atomic E-state index is 11.9. The Bertz CT molecular complexity index is 561. The molecule has 0 spiro atoms. The summed E-state index contributed by atoms with van der Waals surface area (Å²) in [7, 11) is 0. The van der Waals surface area contributed by atoms with Crippen LogP contribution in [0.25, 0.3) is 0 Å². The van der Waals surface area contributed by atoms with Crippen LogP contribution in [0.3, 0.4) is 0 Å². The van der Waals surface area contributed by atoms with E-state index in [0.29, 0.717) is 15.5 Å². The molecule has 4 heteroatoms. The molecule has 0 radical (unpaired) electrons. The topological polar surface area (TPSA) is 34.1 Å². The zero-order valence-corrected chi connectivity index (χ0v) is 11.1. The van der Waals surface area contributed by atoms with E-state index in [0.717, 1.165) is 0 Å². The van der Waals surface area contributed by atoms with Crippen molar-refractivity contribution in [1.29, 1.82) is 0 Å². The first-order valence-corrected chi connectivity index (χ1v) is 6.78. The predicted molar refractivity (Wildman–Crippen MR) is 73.7 cm³/mol. The number of carbonyl (C=O) groups excluding carboxylic acids is 2.